The normalized spacial score (nSPS) is 20.0. The lowest BCUT2D eigenvalue weighted by Crippen LogP contribution is -2.42. The summed E-state index contributed by atoms with van der Waals surface area (Å²) in [6.07, 6.45) is 2.65. The average Bonchev–Trinajstić information content (AvgIpc) is 2.79. The molecule has 0 radical (unpaired) electrons. The molecule has 2 heterocycles. The number of carbonyl (C=O) groups is 2. The molecule has 0 spiro atoms. The fraction of sp³-hybridized carbons (Fsp3) is 0.533. The zero-order valence-electron chi connectivity index (χ0n) is 12.6. The number of hydrogen-bond acceptors (Lipinski definition) is 5. The van der Waals surface area contributed by atoms with E-state index < -0.39 is 6.04 Å². The summed E-state index contributed by atoms with van der Waals surface area (Å²) in [5.74, 6) is 0.305. The fourth-order valence-electron chi connectivity index (χ4n) is 2.37. The molecule has 0 saturated carbocycles. The molecule has 0 bridgehead atoms. The maximum Gasteiger partial charge on any atom is 0.247 e. The van der Waals surface area contributed by atoms with Crippen LogP contribution in [0.1, 0.15) is 32.3 Å². The van der Waals surface area contributed by atoms with Gasteiger partial charge in [0.05, 0.1) is 19.6 Å². The summed E-state index contributed by atoms with van der Waals surface area (Å²) in [4.78, 5) is 29.6. The highest BCUT2D eigenvalue weighted by atomic mass is 16.5. The Morgan fingerprint density at radius 1 is 1.52 bits per heavy atom. The number of methoxy groups -OCH3 is 1. The Balaban J connectivity index is 1.98. The molecule has 21 heavy (non-hydrogen) atoms. The number of imide groups is 1. The van der Waals surface area contributed by atoms with Crippen molar-refractivity contribution in [1.82, 2.24) is 15.2 Å². The number of nitrogens with zero attached hydrogens (tertiary/aromatic N) is 2. The number of pyridine rings is 1. The third-order valence-electron chi connectivity index (χ3n) is 3.78. The van der Waals surface area contributed by atoms with Crippen molar-refractivity contribution in [3.05, 3.63) is 23.9 Å². The van der Waals surface area contributed by atoms with E-state index in [9.17, 15) is 9.59 Å². The molecule has 0 aromatic carbocycles. The molecule has 2 unspecified atom stereocenters. The minimum absolute atomic E-state index is 0.0437. The molecule has 1 aliphatic rings. The van der Waals surface area contributed by atoms with Gasteiger partial charge in [0, 0.05) is 24.8 Å². The van der Waals surface area contributed by atoms with Gasteiger partial charge in [-0.1, -0.05) is 6.92 Å². The molecular formula is C15H21N3O3. The van der Waals surface area contributed by atoms with Crippen LogP contribution in [0, 0.1) is 0 Å². The third kappa shape index (κ3) is 3.39. The number of ether oxygens (including phenoxy) is 1. The minimum atomic E-state index is -0.439. The van der Waals surface area contributed by atoms with Crippen LogP contribution in [0.2, 0.25) is 0 Å². The zero-order chi connectivity index (χ0) is 15.4. The summed E-state index contributed by atoms with van der Waals surface area (Å²) in [7, 11) is 1.56. The van der Waals surface area contributed by atoms with Crippen molar-refractivity contribution in [2.75, 3.05) is 7.11 Å². The van der Waals surface area contributed by atoms with E-state index >= 15 is 0 Å². The van der Waals surface area contributed by atoms with Gasteiger partial charge in [0.2, 0.25) is 17.7 Å². The van der Waals surface area contributed by atoms with Crippen LogP contribution in [0.15, 0.2) is 18.3 Å². The Hall–Kier alpha value is -1.95. The molecule has 2 atom stereocenters. The van der Waals surface area contributed by atoms with Crippen LogP contribution < -0.4 is 10.1 Å². The van der Waals surface area contributed by atoms with Crippen molar-refractivity contribution in [3.8, 4) is 5.88 Å². The second-order valence-electron chi connectivity index (χ2n) is 5.20. The van der Waals surface area contributed by atoms with Gasteiger partial charge in [0.15, 0.2) is 0 Å². The monoisotopic (exact) mass is 291 g/mol. The Morgan fingerprint density at radius 3 is 2.95 bits per heavy atom. The largest absolute Gasteiger partial charge is 0.481 e. The van der Waals surface area contributed by atoms with E-state index in [-0.39, 0.29) is 24.3 Å². The molecule has 1 aromatic rings. The number of carbonyl (C=O) groups excluding carboxylic acids is 2. The van der Waals surface area contributed by atoms with Crippen molar-refractivity contribution in [1.29, 1.82) is 0 Å². The number of likely N-dealkylation sites (tertiary alicyclic amines) is 1. The van der Waals surface area contributed by atoms with Crippen molar-refractivity contribution in [2.45, 2.75) is 45.3 Å². The Kier molecular flexibility index (Phi) is 4.90. The number of amides is 2. The maximum absolute atomic E-state index is 12.3. The van der Waals surface area contributed by atoms with Crippen LogP contribution in [0.25, 0.3) is 0 Å². The lowest BCUT2D eigenvalue weighted by Gasteiger charge is -2.21. The molecule has 1 N–H and O–H groups in total. The molecule has 1 aromatic heterocycles. The summed E-state index contributed by atoms with van der Waals surface area (Å²) in [5, 5.41) is 3.14. The molecule has 1 aliphatic heterocycles. The predicted molar refractivity (Wildman–Crippen MR) is 77.6 cm³/mol. The second-order valence-corrected chi connectivity index (χ2v) is 5.20. The quantitative estimate of drug-likeness (QED) is 0.795. The molecule has 114 valence electrons. The molecule has 1 fully saturated rings. The first-order valence-corrected chi connectivity index (χ1v) is 7.15. The highest BCUT2D eigenvalue weighted by Crippen LogP contribution is 2.18. The number of rotatable bonds is 6. The van der Waals surface area contributed by atoms with E-state index in [1.165, 1.54) is 4.90 Å². The van der Waals surface area contributed by atoms with Crippen LogP contribution in [0.4, 0.5) is 0 Å². The number of hydrogen-bond donors (Lipinski definition) is 1. The van der Waals surface area contributed by atoms with Crippen molar-refractivity contribution in [2.24, 2.45) is 0 Å². The van der Waals surface area contributed by atoms with Crippen LogP contribution >= 0.6 is 0 Å². The van der Waals surface area contributed by atoms with E-state index in [4.69, 9.17) is 4.74 Å². The Morgan fingerprint density at radius 2 is 2.29 bits per heavy atom. The van der Waals surface area contributed by atoms with Crippen molar-refractivity contribution in [3.63, 3.8) is 0 Å². The first-order valence-electron chi connectivity index (χ1n) is 7.15. The first-order chi connectivity index (χ1) is 10.1. The Bertz CT molecular complexity index is 533. The van der Waals surface area contributed by atoms with E-state index in [2.05, 4.69) is 10.3 Å². The first kappa shape index (κ1) is 15.4. The zero-order valence-corrected chi connectivity index (χ0v) is 12.6. The number of aromatic nitrogens is 1. The molecule has 2 amide bonds. The molecule has 6 heteroatoms. The topological polar surface area (TPSA) is 71.5 Å². The van der Waals surface area contributed by atoms with E-state index in [0.717, 1.165) is 12.0 Å². The van der Waals surface area contributed by atoms with Crippen LogP contribution in [0.3, 0.4) is 0 Å². The average molecular weight is 291 g/mol. The SMILES string of the molecule is CCC(C)N1C(=O)CC(NCc2ccnc(OC)c2)C1=O. The molecule has 2 rings (SSSR count). The van der Waals surface area contributed by atoms with Crippen LogP contribution in [-0.4, -0.2) is 40.9 Å². The van der Waals surface area contributed by atoms with Crippen molar-refractivity contribution >= 4 is 11.8 Å². The van der Waals surface area contributed by atoms with E-state index in [1.54, 1.807) is 19.4 Å². The molecule has 6 nitrogen and oxygen atoms in total. The smallest absolute Gasteiger partial charge is 0.247 e. The van der Waals surface area contributed by atoms with Gasteiger partial charge in [0.1, 0.15) is 0 Å². The fourth-order valence-corrected chi connectivity index (χ4v) is 2.37. The van der Waals surface area contributed by atoms with Gasteiger partial charge in [-0.3, -0.25) is 14.5 Å². The van der Waals surface area contributed by atoms with E-state index in [0.29, 0.717) is 12.4 Å². The molecular weight excluding hydrogens is 270 g/mol. The molecule has 1 saturated heterocycles. The highest BCUT2D eigenvalue weighted by molar-refractivity contribution is 6.05. The van der Waals surface area contributed by atoms with Crippen molar-refractivity contribution < 1.29 is 14.3 Å². The second kappa shape index (κ2) is 6.67. The third-order valence-corrected chi connectivity index (χ3v) is 3.78. The standard InChI is InChI=1S/C15H21N3O3/c1-4-10(2)18-14(19)8-12(15(18)20)17-9-11-5-6-16-13(7-11)21-3/h5-7,10,12,17H,4,8-9H2,1-3H3. The van der Waals surface area contributed by atoms with Gasteiger partial charge in [0.25, 0.3) is 0 Å². The summed E-state index contributed by atoms with van der Waals surface area (Å²) in [6, 6.07) is 3.17. The number of nitrogens with one attached hydrogen (secondary N) is 1. The summed E-state index contributed by atoms with van der Waals surface area (Å²) >= 11 is 0. The Labute approximate surface area is 124 Å². The molecule has 0 aliphatic carbocycles. The lowest BCUT2D eigenvalue weighted by atomic mass is 10.2. The van der Waals surface area contributed by atoms with Gasteiger partial charge in [-0.25, -0.2) is 4.98 Å². The highest BCUT2D eigenvalue weighted by Gasteiger charge is 2.40. The summed E-state index contributed by atoms with van der Waals surface area (Å²) in [5.41, 5.74) is 0.962. The van der Waals surface area contributed by atoms with Crippen LogP contribution in [-0.2, 0) is 16.1 Å². The van der Waals surface area contributed by atoms with Crippen LogP contribution in [0.5, 0.6) is 5.88 Å². The van der Waals surface area contributed by atoms with Gasteiger partial charge >= 0.3 is 0 Å². The minimum Gasteiger partial charge on any atom is -0.481 e. The van der Waals surface area contributed by atoms with Gasteiger partial charge in [-0.15, -0.1) is 0 Å². The van der Waals surface area contributed by atoms with Gasteiger partial charge in [-0.05, 0) is 25.0 Å². The van der Waals surface area contributed by atoms with Gasteiger partial charge < -0.3 is 10.1 Å². The lowest BCUT2D eigenvalue weighted by molar-refractivity contribution is -0.141. The summed E-state index contributed by atoms with van der Waals surface area (Å²) < 4.78 is 5.06. The van der Waals surface area contributed by atoms with E-state index in [1.807, 2.05) is 19.9 Å². The predicted octanol–water partition coefficient (Wildman–Crippen LogP) is 1.11. The van der Waals surface area contributed by atoms with Gasteiger partial charge in [-0.2, -0.15) is 0 Å². The maximum atomic E-state index is 12.3. The summed E-state index contributed by atoms with van der Waals surface area (Å²) in [6.45, 7) is 4.36.